The van der Waals surface area contributed by atoms with E-state index in [0.717, 1.165) is 57.0 Å². The van der Waals surface area contributed by atoms with Gasteiger partial charge in [0.1, 0.15) is 0 Å². The van der Waals surface area contributed by atoms with Crippen molar-refractivity contribution >= 4 is 97.5 Å². The van der Waals surface area contributed by atoms with Gasteiger partial charge in [0, 0.05) is 49.2 Å². The van der Waals surface area contributed by atoms with Gasteiger partial charge in [0.25, 0.3) is 11.1 Å². The van der Waals surface area contributed by atoms with Gasteiger partial charge in [-0.2, -0.15) is 0 Å². The van der Waals surface area contributed by atoms with Crippen molar-refractivity contribution in [2.45, 2.75) is 309 Å². The van der Waals surface area contributed by atoms with Crippen LogP contribution in [0.15, 0.2) is 21.7 Å². The van der Waals surface area contributed by atoms with E-state index in [4.69, 9.17) is 30.4 Å². The van der Waals surface area contributed by atoms with Crippen LogP contribution in [-0.2, 0) is 24.7 Å². The van der Waals surface area contributed by atoms with Crippen molar-refractivity contribution < 1.29 is 39.1 Å². The van der Waals surface area contributed by atoms with E-state index in [0.29, 0.717) is 48.9 Å². The van der Waals surface area contributed by atoms with Gasteiger partial charge in [-0.15, -0.1) is 0 Å². The maximum absolute atomic E-state index is 13.0. The molecule has 2 heterocycles. The lowest BCUT2D eigenvalue weighted by Gasteiger charge is -2.46. The van der Waals surface area contributed by atoms with Crippen LogP contribution in [-0.4, -0.2) is 138 Å². The van der Waals surface area contributed by atoms with Crippen LogP contribution in [0, 0.1) is 41.4 Å². The number of anilines is 2. The van der Waals surface area contributed by atoms with Gasteiger partial charge in [-0.25, -0.2) is 24.4 Å². The maximum atomic E-state index is 13.0. The van der Waals surface area contributed by atoms with Crippen LogP contribution in [0.25, 0.3) is 0 Å². The second-order valence-corrected chi connectivity index (χ2v) is 65.5. The normalized spacial score (nSPS) is 20.2. The van der Waals surface area contributed by atoms with Crippen molar-refractivity contribution in [3.8, 4) is 0 Å². The van der Waals surface area contributed by atoms with Gasteiger partial charge in [0.15, 0.2) is 33.3 Å². The lowest BCUT2D eigenvalue weighted by Crippen LogP contribution is -2.57. The minimum absolute atomic E-state index is 0. The smallest absolute Gasteiger partial charge is 0.321 e. The van der Waals surface area contributed by atoms with E-state index in [1.54, 1.807) is 13.8 Å². The van der Waals surface area contributed by atoms with Crippen molar-refractivity contribution in [3.63, 3.8) is 0 Å². The molecule has 6 atom stereocenters. The molecule has 0 bridgehead atoms. The summed E-state index contributed by atoms with van der Waals surface area (Å²) < 4.78 is 39.2. The first-order valence-corrected chi connectivity index (χ1v) is 56.0. The highest BCUT2D eigenvalue weighted by atomic mass is 28.5. The SMILES string of the molecule is C.C.C.C.C.C.C.C.C[Si](C)(C)O[Si](C)(C)O[Si](C)(CCCN)O[Si](C)(C)C.Cc1cc(=O)[nH]c(NC(=O)NCC2(C)CC(C)CC(C)(C)C2)n1.Cc1cc(=O)[nH]c(NC(=O)NCC2(C)CC(NC(=O)NCCC[Si](C)(O[Si](C)(C)C)O[Si](C)(C)O[Si](C)(C)C)CC(C)(C)C2)n1. The zero-order valence-electron chi connectivity index (χ0n) is 59.7. The summed E-state index contributed by atoms with van der Waals surface area (Å²) >= 11 is 0. The number of nitrogens with one attached hydrogen (secondary N) is 8. The molecule has 30 heteroatoms. The number of aryl methyl sites for hydroxylation is 2. The van der Waals surface area contributed by atoms with Crippen LogP contribution in [0.5, 0.6) is 0 Å². The molecule has 0 radical (unpaired) electrons. The average Bonchev–Trinajstić information content (AvgIpc) is 0.861. The van der Waals surface area contributed by atoms with Gasteiger partial charge in [0.2, 0.25) is 11.9 Å². The van der Waals surface area contributed by atoms with Crippen LogP contribution in [0.1, 0.15) is 171 Å². The van der Waals surface area contributed by atoms with E-state index < -0.39 is 73.5 Å². The predicted molar refractivity (Wildman–Crippen MR) is 434 cm³/mol. The Morgan fingerprint density at radius 2 is 0.844 bits per heavy atom. The molecule has 2 fully saturated rings. The Kier molecular flexibility index (Phi) is 47.1. The molecule has 96 heavy (non-hydrogen) atoms. The van der Waals surface area contributed by atoms with Crippen molar-refractivity contribution in [1.82, 2.24) is 41.2 Å². The standard InChI is InChI=1S/C29H60N6O6Si4.C17H28N4O2.C12H35NO3Si4.8CH4/c1-22-17-24(36)34-25(32-22)35-27(38)31-21-29(4)19-23(18-28(2,3)20-29)33-26(37)30-15-14-16-45(13,40-43(8,9)10)41-44(11,12)39-42(5,6)7;1-11-7-16(3,4)9-17(5,8-11)10-18-15(23)21-14-19-12(2)6-13(22)20-14;1-17(2,3)14-19(7,8)16-20(9,12-10-11-13)15-18(4,5)6;;;;;;;;/h17,23H,14-16,18-21H2,1-13H3,(H2,30,33,37)(H3,31,32,34,35,36,38);6,11H,7-10H2,1-5H3,(H3,18,19,20,21,22,23);10-13H2,1-9H3;8*1H4. The number of hydrogen-bond donors (Lipinski definition) is 9. The number of hydrogen-bond acceptors (Lipinski definition) is 14. The van der Waals surface area contributed by atoms with E-state index in [1.807, 2.05) is 0 Å². The third-order valence-corrected chi connectivity index (χ3v) is 41.1. The third-order valence-electron chi connectivity index (χ3n) is 14.0. The summed E-state index contributed by atoms with van der Waals surface area (Å²) in [6, 6.07) is 3.48. The minimum Gasteiger partial charge on any atom is -0.437 e. The number of nitrogens with zero attached hydrogens (tertiary/aromatic N) is 2. The summed E-state index contributed by atoms with van der Waals surface area (Å²) in [7, 11) is -16.1. The molecule has 2 aliphatic rings. The van der Waals surface area contributed by atoms with E-state index in [-0.39, 0.29) is 117 Å². The van der Waals surface area contributed by atoms with Crippen molar-refractivity contribution in [2.24, 2.45) is 33.3 Å². The molecule has 6 amide bonds. The Hall–Kier alpha value is -2.97. The number of nitrogens with two attached hydrogens (primary N) is 1. The molecule has 2 aromatic heterocycles. The van der Waals surface area contributed by atoms with Crippen molar-refractivity contribution in [3.05, 3.63) is 44.2 Å². The number of carbonyl (C=O) groups is 3. The molecule has 4 rings (SSSR count). The van der Waals surface area contributed by atoms with Crippen molar-refractivity contribution in [1.29, 1.82) is 0 Å². The average molecular weight is 1500 g/mol. The molecule has 22 nitrogen and oxygen atoms in total. The number of amides is 6. The highest BCUT2D eigenvalue weighted by molar-refractivity contribution is 6.90. The molecule has 0 saturated heterocycles. The van der Waals surface area contributed by atoms with E-state index in [1.165, 1.54) is 18.6 Å². The van der Waals surface area contributed by atoms with Gasteiger partial charge in [-0.05, 0) is 229 Å². The molecule has 2 saturated carbocycles. The van der Waals surface area contributed by atoms with Crippen LogP contribution in [0.4, 0.5) is 26.3 Å². The highest BCUT2D eigenvalue weighted by Gasteiger charge is 2.47. The summed E-state index contributed by atoms with van der Waals surface area (Å²) in [5.74, 6) is 0.938. The molecule has 0 aliphatic heterocycles. The number of aromatic amines is 2. The second kappa shape index (κ2) is 42.4. The Bertz CT molecular complexity index is 2700. The topological polar surface area (TPSA) is 296 Å². The summed E-state index contributed by atoms with van der Waals surface area (Å²) in [6.45, 7) is 60.5. The fourth-order valence-corrected chi connectivity index (χ4v) is 49.6. The number of H-pyrrole nitrogens is 2. The first-order chi connectivity index (χ1) is 39.5. The highest BCUT2D eigenvalue weighted by Crippen LogP contribution is 2.48. The third kappa shape index (κ3) is 46.4. The lowest BCUT2D eigenvalue weighted by atomic mass is 9.61. The Morgan fingerprint density at radius 1 is 0.500 bits per heavy atom. The van der Waals surface area contributed by atoms with Gasteiger partial charge in [-0.1, -0.05) is 108 Å². The fourth-order valence-electron chi connectivity index (χ4n) is 13.7. The van der Waals surface area contributed by atoms with Crippen LogP contribution in [0.2, 0.25) is 130 Å². The lowest BCUT2D eigenvalue weighted by molar-refractivity contribution is 0.0628. The molecular weight excluding hydrogens is 1350 g/mol. The molecule has 0 aromatic carbocycles. The van der Waals surface area contributed by atoms with Crippen molar-refractivity contribution in [2.75, 3.05) is 36.8 Å². The quantitative estimate of drug-likeness (QED) is 0.0313. The zero-order valence-corrected chi connectivity index (χ0v) is 67.7. The first-order valence-electron chi connectivity index (χ1n) is 31.7. The number of urea groups is 3. The van der Waals surface area contributed by atoms with E-state index in [2.05, 4.69) is 218 Å². The Morgan fingerprint density at radius 3 is 1.18 bits per heavy atom. The fraction of sp³-hybridized carbons (Fsp3) is 0.833. The molecular formula is C66H155N11O11Si8. The molecule has 572 valence electrons. The van der Waals surface area contributed by atoms with Gasteiger partial charge < -0.3 is 51.7 Å². The number of rotatable bonds is 26. The molecule has 2 aromatic rings. The number of aromatic nitrogens is 4. The van der Waals surface area contributed by atoms with Gasteiger partial charge in [-0.3, -0.25) is 30.2 Å². The summed E-state index contributed by atoms with van der Waals surface area (Å²) in [5.41, 5.74) is 6.28. The molecule has 6 unspecified atom stereocenters. The molecule has 10 N–H and O–H groups in total. The predicted octanol–water partition coefficient (Wildman–Crippen LogP) is 17.9. The number of carbonyl (C=O) groups excluding carboxylic acids is 3. The first kappa shape index (κ1) is 106. The minimum atomic E-state index is -2.53. The Labute approximate surface area is 597 Å². The van der Waals surface area contributed by atoms with Crippen LogP contribution < -0.4 is 48.8 Å². The van der Waals surface area contributed by atoms with Crippen LogP contribution in [0.3, 0.4) is 0 Å². The summed E-state index contributed by atoms with van der Waals surface area (Å²) in [5, 5.41) is 17.3. The Balaban J connectivity index is -0.000000264. The molecule has 2 aliphatic carbocycles. The maximum Gasteiger partial charge on any atom is 0.321 e. The van der Waals surface area contributed by atoms with Gasteiger partial charge >= 0.3 is 52.3 Å². The molecule has 0 spiro atoms. The van der Waals surface area contributed by atoms with E-state index >= 15 is 0 Å². The zero-order chi connectivity index (χ0) is 68.0. The summed E-state index contributed by atoms with van der Waals surface area (Å²) in [6.07, 6.45) is 7.60. The second-order valence-electron chi connectivity index (χ2n) is 32.5. The summed E-state index contributed by atoms with van der Waals surface area (Å²) in [4.78, 5) is 74.0. The monoisotopic (exact) mass is 1500 g/mol. The van der Waals surface area contributed by atoms with E-state index in [9.17, 15) is 24.0 Å². The largest absolute Gasteiger partial charge is 0.437 e. The van der Waals surface area contributed by atoms with Gasteiger partial charge in [0.05, 0.1) is 0 Å². The van der Waals surface area contributed by atoms with Crippen LogP contribution >= 0.6 is 0 Å².